The van der Waals surface area contributed by atoms with Crippen molar-refractivity contribution < 1.29 is 23.1 Å². The summed E-state index contributed by atoms with van der Waals surface area (Å²) >= 11 is 0. The highest BCUT2D eigenvalue weighted by Crippen LogP contribution is 2.31. The Kier molecular flexibility index (Phi) is 3.99. The third-order valence-electron chi connectivity index (χ3n) is 3.10. The van der Waals surface area contributed by atoms with Gasteiger partial charge in [0.25, 0.3) is 0 Å². The van der Waals surface area contributed by atoms with E-state index in [1.54, 1.807) is 26.8 Å². The first kappa shape index (κ1) is 16.1. The van der Waals surface area contributed by atoms with E-state index < -0.39 is 24.0 Å². The van der Waals surface area contributed by atoms with Gasteiger partial charge < -0.3 is 15.4 Å². The van der Waals surface area contributed by atoms with E-state index in [4.69, 9.17) is 0 Å². The minimum atomic E-state index is -4.72. The van der Waals surface area contributed by atoms with E-state index in [0.717, 1.165) is 0 Å². The summed E-state index contributed by atoms with van der Waals surface area (Å²) in [5.74, 6) is -2.97. The Labute approximate surface area is 123 Å². The molecule has 0 aromatic carbocycles. The Morgan fingerprint density at radius 3 is 2.50 bits per heavy atom. The molecular weight excluding hydrogens is 301 g/mol. The number of carboxylic acids is 1. The molecule has 2 aromatic rings. The lowest BCUT2D eigenvalue weighted by molar-refractivity contribution is -0.144. The summed E-state index contributed by atoms with van der Waals surface area (Å²) in [5.41, 5.74) is 0.610. The quantitative estimate of drug-likeness (QED) is 0.807. The summed E-state index contributed by atoms with van der Waals surface area (Å²) in [7, 11) is 0. The lowest BCUT2D eigenvalue weighted by Gasteiger charge is -2.19. The number of alkyl halides is 3. The van der Waals surface area contributed by atoms with Gasteiger partial charge in [-0.1, -0.05) is 13.8 Å². The first-order valence-corrected chi connectivity index (χ1v) is 6.53. The standard InChI is InChI=1S/C13H15F3N4O2/c1-5(2)8(11(21)22)18-10-7-4-6(3)17-9(7)19-12(20-10)13(14,15)16/h4-5,8H,1-3H3,(H,21,22)(H2,17,18,19,20). The van der Waals surface area contributed by atoms with Crippen LogP contribution in [0.5, 0.6) is 0 Å². The minimum Gasteiger partial charge on any atom is -0.480 e. The molecule has 0 amide bonds. The molecule has 0 saturated heterocycles. The SMILES string of the molecule is Cc1cc2c(NC(C(=O)O)C(C)C)nc(C(F)(F)F)nc2[nH]1. The van der Waals surface area contributed by atoms with Crippen molar-refractivity contribution in [1.82, 2.24) is 15.0 Å². The molecule has 0 aliphatic heterocycles. The third kappa shape index (κ3) is 3.12. The first-order chi connectivity index (χ1) is 10.1. The van der Waals surface area contributed by atoms with Gasteiger partial charge in [-0.3, -0.25) is 0 Å². The molecule has 2 rings (SSSR count). The van der Waals surface area contributed by atoms with Gasteiger partial charge in [-0.2, -0.15) is 13.2 Å². The molecule has 120 valence electrons. The number of aromatic amines is 1. The van der Waals surface area contributed by atoms with E-state index in [2.05, 4.69) is 20.3 Å². The van der Waals surface area contributed by atoms with Crippen molar-refractivity contribution in [3.8, 4) is 0 Å². The lowest BCUT2D eigenvalue weighted by Crippen LogP contribution is -2.35. The van der Waals surface area contributed by atoms with Gasteiger partial charge in [0, 0.05) is 5.69 Å². The summed E-state index contributed by atoms with van der Waals surface area (Å²) in [6.07, 6.45) is -4.72. The molecule has 1 unspecified atom stereocenters. The summed E-state index contributed by atoms with van der Waals surface area (Å²) in [4.78, 5) is 20.8. The molecule has 3 N–H and O–H groups in total. The van der Waals surface area contributed by atoms with Crippen LogP contribution in [0.1, 0.15) is 25.4 Å². The van der Waals surface area contributed by atoms with Gasteiger partial charge in [0.1, 0.15) is 17.5 Å². The fourth-order valence-electron chi connectivity index (χ4n) is 2.04. The molecule has 0 aliphatic carbocycles. The zero-order valence-corrected chi connectivity index (χ0v) is 12.1. The van der Waals surface area contributed by atoms with Crippen LogP contribution < -0.4 is 5.32 Å². The topological polar surface area (TPSA) is 90.9 Å². The van der Waals surface area contributed by atoms with Crippen LogP contribution in [0, 0.1) is 12.8 Å². The van der Waals surface area contributed by atoms with Crippen molar-refractivity contribution >= 4 is 22.8 Å². The molecule has 0 aliphatic rings. The number of hydrogen-bond donors (Lipinski definition) is 3. The fourth-order valence-corrected chi connectivity index (χ4v) is 2.04. The number of nitrogens with one attached hydrogen (secondary N) is 2. The van der Waals surface area contributed by atoms with Crippen LogP contribution in [-0.4, -0.2) is 32.1 Å². The van der Waals surface area contributed by atoms with Crippen LogP contribution in [0.2, 0.25) is 0 Å². The molecule has 0 fully saturated rings. The van der Waals surface area contributed by atoms with E-state index in [1.165, 1.54) is 0 Å². The molecule has 22 heavy (non-hydrogen) atoms. The number of halogens is 3. The number of aromatic nitrogens is 3. The average molecular weight is 316 g/mol. The van der Waals surface area contributed by atoms with E-state index in [0.29, 0.717) is 11.1 Å². The monoisotopic (exact) mass is 316 g/mol. The molecule has 0 bridgehead atoms. The van der Waals surface area contributed by atoms with Crippen molar-refractivity contribution in [3.63, 3.8) is 0 Å². The lowest BCUT2D eigenvalue weighted by atomic mass is 10.0. The smallest absolute Gasteiger partial charge is 0.451 e. The van der Waals surface area contributed by atoms with Gasteiger partial charge in [-0.05, 0) is 18.9 Å². The predicted octanol–water partition coefficient (Wildman–Crippen LogP) is 2.81. The largest absolute Gasteiger partial charge is 0.480 e. The summed E-state index contributed by atoms with van der Waals surface area (Å²) in [6.45, 7) is 4.96. The number of carboxylic acid groups (broad SMARTS) is 1. The van der Waals surface area contributed by atoms with Crippen LogP contribution in [0.3, 0.4) is 0 Å². The normalized spacial score (nSPS) is 13.6. The van der Waals surface area contributed by atoms with E-state index in [9.17, 15) is 23.1 Å². The Morgan fingerprint density at radius 2 is 2.00 bits per heavy atom. The molecule has 0 spiro atoms. The van der Waals surface area contributed by atoms with Crippen molar-refractivity contribution in [2.45, 2.75) is 33.0 Å². The van der Waals surface area contributed by atoms with Crippen LogP contribution in [-0.2, 0) is 11.0 Å². The number of anilines is 1. The van der Waals surface area contributed by atoms with E-state index in [1.807, 2.05) is 0 Å². The Balaban J connectivity index is 2.57. The summed E-state index contributed by atoms with van der Waals surface area (Å²) in [6, 6.07) is 0.506. The minimum absolute atomic E-state index is 0.00946. The summed E-state index contributed by atoms with van der Waals surface area (Å²) < 4.78 is 38.6. The maximum Gasteiger partial charge on any atom is 0.451 e. The molecule has 0 saturated carbocycles. The van der Waals surface area contributed by atoms with E-state index >= 15 is 0 Å². The zero-order valence-electron chi connectivity index (χ0n) is 12.1. The van der Waals surface area contributed by atoms with Crippen LogP contribution in [0.4, 0.5) is 19.0 Å². The summed E-state index contributed by atoms with van der Waals surface area (Å²) in [5, 5.41) is 12.1. The van der Waals surface area contributed by atoms with Gasteiger partial charge in [0.15, 0.2) is 0 Å². The van der Waals surface area contributed by atoms with E-state index in [-0.39, 0.29) is 17.4 Å². The average Bonchev–Trinajstić information content (AvgIpc) is 2.73. The predicted molar refractivity (Wildman–Crippen MR) is 73.5 cm³/mol. The second-order valence-corrected chi connectivity index (χ2v) is 5.31. The van der Waals surface area contributed by atoms with Gasteiger partial charge in [-0.15, -0.1) is 0 Å². The van der Waals surface area contributed by atoms with Crippen LogP contribution in [0.25, 0.3) is 11.0 Å². The van der Waals surface area contributed by atoms with Gasteiger partial charge in [0.05, 0.1) is 5.39 Å². The molecular formula is C13H15F3N4O2. The third-order valence-corrected chi connectivity index (χ3v) is 3.10. The highest BCUT2D eigenvalue weighted by molar-refractivity contribution is 5.90. The van der Waals surface area contributed by atoms with Crippen molar-refractivity contribution in [2.75, 3.05) is 5.32 Å². The number of hydrogen-bond acceptors (Lipinski definition) is 4. The maximum absolute atomic E-state index is 12.9. The number of fused-ring (bicyclic) bond motifs is 1. The Hall–Kier alpha value is -2.32. The second-order valence-electron chi connectivity index (χ2n) is 5.31. The van der Waals surface area contributed by atoms with Gasteiger partial charge in [-0.25, -0.2) is 14.8 Å². The molecule has 6 nitrogen and oxygen atoms in total. The first-order valence-electron chi connectivity index (χ1n) is 6.53. The fraction of sp³-hybridized carbons (Fsp3) is 0.462. The number of nitrogens with zero attached hydrogens (tertiary/aromatic N) is 2. The van der Waals surface area contributed by atoms with Crippen LogP contribution >= 0.6 is 0 Å². The highest BCUT2D eigenvalue weighted by Gasteiger charge is 2.36. The molecule has 2 heterocycles. The number of H-pyrrole nitrogens is 1. The number of carbonyl (C=O) groups is 1. The highest BCUT2D eigenvalue weighted by atomic mass is 19.4. The maximum atomic E-state index is 12.9. The van der Waals surface area contributed by atoms with Gasteiger partial charge >= 0.3 is 12.1 Å². The Morgan fingerprint density at radius 1 is 1.36 bits per heavy atom. The molecule has 1 atom stereocenters. The van der Waals surface area contributed by atoms with Crippen molar-refractivity contribution in [3.05, 3.63) is 17.6 Å². The zero-order chi connectivity index (χ0) is 16.7. The Bertz CT molecular complexity index is 709. The van der Waals surface area contributed by atoms with Crippen molar-refractivity contribution in [2.24, 2.45) is 5.92 Å². The number of rotatable bonds is 4. The molecule has 2 aromatic heterocycles. The molecule has 9 heteroatoms. The number of aliphatic carboxylic acids is 1. The molecule has 0 radical (unpaired) electrons. The van der Waals surface area contributed by atoms with Crippen LogP contribution in [0.15, 0.2) is 6.07 Å². The number of aryl methyl sites for hydroxylation is 1. The van der Waals surface area contributed by atoms with Gasteiger partial charge in [0.2, 0.25) is 5.82 Å². The van der Waals surface area contributed by atoms with Crippen molar-refractivity contribution in [1.29, 1.82) is 0 Å². The second kappa shape index (κ2) is 5.47.